The Morgan fingerprint density at radius 3 is 2.95 bits per heavy atom. The highest BCUT2D eigenvalue weighted by molar-refractivity contribution is 5.94. The first-order chi connectivity index (χ1) is 9.72. The Hall–Kier alpha value is -1.88. The number of hydrogen-bond acceptors (Lipinski definition) is 3. The van der Waals surface area contributed by atoms with E-state index >= 15 is 0 Å². The quantitative estimate of drug-likeness (QED) is 0.876. The predicted octanol–water partition coefficient (Wildman–Crippen LogP) is 1.12. The number of fused-ring (bicyclic) bond motifs is 1. The zero-order chi connectivity index (χ0) is 14.4. The van der Waals surface area contributed by atoms with Crippen LogP contribution in [0.3, 0.4) is 0 Å². The Labute approximate surface area is 118 Å². The van der Waals surface area contributed by atoms with E-state index in [-0.39, 0.29) is 18.4 Å². The molecular weight excluding hydrogens is 256 g/mol. The van der Waals surface area contributed by atoms with Crippen molar-refractivity contribution in [1.82, 2.24) is 5.32 Å². The third-order valence-electron chi connectivity index (χ3n) is 3.35. The van der Waals surface area contributed by atoms with Gasteiger partial charge in [-0.1, -0.05) is 18.2 Å². The van der Waals surface area contributed by atoms with Crippen molar-refractivity contribution in [1.29, 1.82) is 0 Å². The number of carbonyl (C=O) groups is 2. The van der Waals surface area contributed by atoms with E-state index in [0.29, 0.717) is 13.0 Å². The molecule has 0 fully saturated rings. The molecule has 1 aliphatic heterocycles. The minimum atomic E-state index is -0.195. The van der Waals surface area contributed by atoms with Crippen LogP contribution in [-0.2, 0) is 20.7 Å². The number of hydrogen-bond donors (Lipinski definition) is 1. The van der Waals surface area contributed by atoms with Gasteiger partial charge in [-0.05, 0) is 24.5 Å². The average Bonchev–Trinajstić information content (AvgIpc) is 2.47. The van der Waals surface area contributed by atoms with Gasteiger partial charge in [0, 0.05) is 32.3 Å². The van der Waals surface area contributed by atoms with Crippen LogP contribution in [0.15, 0.2) is 24.3 Å². The lowest BCUT2D eigenvalue weighted by atomic mass is 10.0. The van der Waals surface area contributed by atoms with Crippen LogP contribution in [-0.4, -0.2) is 38.6 Å². The third-order valence-corrected chi connectivity index (χ3v) is 3.35. The Bertz CT molecular complexity index is 488. The number of amides is 2. The maximum atomic E-state index is 12.2. The first-order valence-corrected chi connectivity index (χ1v) is 6.86. The third kappa shape index (κ3) is 3.57. The summed E-state index contributed by atoms with van der Waals surface area (Å²) < 4.78 is 4.72. The smallest absolute Gasteiger partial charge is 0.245 e. The number of nitrogens with zero attached hydrogens (tertiary/aromatic N) is 1. The van der Waals surface area contributed by atoms with Gasteiger partial charge in [0.25, 0.3) is 0 Å². The minimum Gasteiger partial charge on any atom is -0.375 e. The molecule has 0 atom stereocenters. The molecule has 2 amide bonds. The zero-order valence-electron chi connectivity index (χ0n) is 11.7. The maximum absolute atomic E-state index is 12.2. The molecular formula is C15H20N2O3. The normalized spacial score (nSPS) is 13.8. The first kappa shape index (κ1) is 14.5. The first-order valence-electron chi connectivity index (χ1n) is 6.86. The lowest BCUT2D eigenvalue weighted by molar-refractivity contribution is -0.124. The highest BCUT2D eigenvalue weighted by atomic mass is 16.5. The fraction of sp³-hybridized carbons (Fsp3) is 0.467. The van der Waals surface area contributed by atoms with Crippen LogP contribution in [0.2, 0.25) is 0 Å². The molecule has 2 rings (SSSR count). The van der Waals surface area contributed by atoms with Gasteiger partial charge >= 0.3 is 0 Å². The topological polar surface area (TPSA) is 58.6 Å². The van der Waals surface area contributed by atoms with Crippen LogP contribution in [0.5, 0.6) is 0 Å². The van der Waals surface area contributed by atoms with Gasteiger partial charge in [0.1, 0.15) is 6.61 Å². The van der Waals surface area contributed by atoms with Crippen molar-refractivity contribution in [2.24, 2.45) is 0 Å². The van der Waals surface area contributed by atoms with E-state index in [1.807, 2.05) is 23.1 Å². The Kier molecular flexibility index (Phi) is 5.12. The van der Waals surface area contributed by atoms with E-state index in [0.717, 1.165) is 25.1 Å². The second kappa shape index (κ2) is 7.05. The SMILES string of the molecule is COCC(=O)NCCC(=O)N1CCCc2ccccc21. The largest absolute Gasteiger partial charge is 0.375 e. The molecule has 0 aliphatic carbocycles. The van der Waals surface area contributed by atoms with Gasteiger partial charge in [0.15, 0.2) is 0 Å². The molecule has 0 saturated heterocycles. The number of rotatable bonds is 5. The van der Waals surface area contributed by atoms with E-state index in [4.69, 9.17) is 4.74 Å². The highest BCUT2D eigenvalue weighted by Crippen LogP contribution is 2.26. The molecule has 1 heterocycles. The second-order valence-corrected chi connectivity index (χ2v) is 4.81. The molecule has 1 aromatic carbocycles. The van der Waals surface area contributed by atoms with E-state index in [2.05, 4.69) is 11.4 Å². The molecule has 20 heavy (non-hydrogen) atoms. The van der Waals surface area contributed by atoms with Gasteiger partial charge in [0.2, 0.25) is 11.8 Å². The number of methoxy groups -OCH3 is 1. The second-order valence-electron chi connectivity index (χ2n) is 4.81. The summed E-state index contributed by atoms with van der Waals surface area (Å²) in [6.07, 6.45) is 2.31. The van der Waals surface area contributed by atoms with Gasteiger partial charge in [-0.15, -0.1) is 0 Å². The fourth-order valence-corrected chi connectivity index (χ4v) is 2.42. The van der Waals surface area contributed by atoms with E-state index in [1.165, 1.54) is 12.7 Å². The molecule has 5 heteroatoms. The molecule has 0 aromatic heterocycles. The van der Waals surface area contributed by atoms with Crippen LogP contribution in [0.25, 0.3) is 0 Å². The monoisotopic (exact) mass is 276 g/mol. The van der Waals surface area contributed by atoms with Crippen LogP contribution in [0.4, 0.5) is 5.69 Å². The van der Waals surface area contributed by atoms with Crippen molar-refractivity contribution >= 4 is 17.5 Å². The summed E-state index contributed by atoms with van der Waals surface area (Å²) in [6, 6.07) is 7.99. The van der Waals surface area contributed by atoms with Crippen LogP contribution >= 0.6 is 0 Å². The van der Waals surface area contributed by atoms with Gasteiger partial charge < -0.3 is 15.0 Å². The van der Waals surface area contributed by atoms with Crippen LogP contribution in [0.1, 0.15) is 18.4 Å². The van der Waals surface area contributed by atoms with E-state index in [9.17, 15) is 9.59 Å². The number of carbonyl (C=O) groups excluding carboxylic acids is 2. The summed E-state index contributed by atoms with van der Waals surface area (Å²) in [4.78, 5) is 25.3. The van der Waals surface area contributed by atoms with Crippen molar-refractivity contribution < 1.29 is 14.3 Å². The molecule has 0 bridgehead atoms. The number of ether oxygens (including phenoxy) is 1. The number of nitrogens with one attached hydrogen (secondary N) is 1. The van der Waals surface area contributed by atoms with Crippen molar-refractivity contribution in [3.05, 3.63) is 29.8 Å². The zero-order valence-corrected chi connectivity index (χ0v) is 11.7. The summed E-state index contributed by atoms with van der Waals surface area (Å²) in [7, 11) is 1.47. The molecule has 1 N–H and O–H groups in total. The molecule has 5 nitrogen and oxygen atoms in total. The Balaban J connectivity index is 1.89. The van der Waals surface area contributed by atoms with Crippen molar-refractivity contribution in [3.8, 4) is 0 Å². The number of anilines is 1. The molecule has 0 spiro atoms. The molecule has 108 valence electrons. The lowest BCUT2D eigenvalue weighted by Crippen LogP contribution is -2.38. The number of aryl methyl sites for hydroxylation is 1. The number of para-hydroxylation sites is 1. The van der Waals surface area contributed by atoms with E-state index in [1.54, 1.807) is 0 Å². The van der Waals surface area contributed by atoms with Crippen molar-refractivity contribution in [3.63, 3.8) is 0 Å². The molecule has 1 aromatic rings. The van der Waals surface area contributed by atoms with Crippen LogP contribution < -0.4 is 10.2 Å². The van der Waals surface area contributed by atoms with Crippen molar-refractivity contribution in [2.45, 2.75) is 19.3 Å². The van der Waals surface area contributed by atoms with Crippen LogP contribution in [0, 0.1) is 0 Å². The van der Waals surface area contributed by atoms with Gasteiger partial charge in [0.05, 0.1) is 0 Å². The fourth-order valence-electron chi connectivity index (χ4n) is 2.42. The molecule has 0 unspecified atom stereocenters. The molecule has 1 aliphatic rings. The van der Waals surface area contributed by atoms with E-state index < -0.39 is 0 Å². The summed E-state index contributed by atoms with van der Waals surface area (Å²) in [6.45, 7) is 1.13. The summed E-state index contributed by atoms with van der Waals surface area (Å²) >= 11 is 0. The summed E-state index contributed by atoms with van der Waals surface area (Å²) in [5.41, 5.74) is 2.22. The summed E-state index contributed by atoms with van der Waals surface area (Å²) in [5, 5.41) is 2.67. The highest BCUT2D eigenvalue weighted by Gasteiger charge is 2.21. The standard InChI is InChI=1S/C15H20N2O3/c1-20-11-14(18)16-9-8-15(19)17-10-4-6-12-5-2-3-7-13(12)17/h2-3,5,7H,4,6,8-11H2,1H3,(H,16,18). The Morgan fingerprint density at radius 2 is 2.15 bits per heavy atom. The average molecular weight is 276 g/mol. The molecule has 0 radical (unpaired) electrons. The van der Waals surface area contributed by atoms with Gasteiger partial charge in [-0.3, -0.25) is 9.59 Å². The van der Waals surface area contributed by atoms with Crippen molar-refractivity contribution in [2.75, 3.05) is 31.7 Å². The molecule has 0 saturated carbocycles. The van der Waals surface area contributed by atoms with Gasteiger partial charge in [-0.25, -0.2) is 0 Å². The predicted molar refractivity (Wildman–Crippen MR) is 76.6 cm³/mol. The maximum Gasteiger partial charge on any atom is 0.245 e. The number of benzene rings is 1. The Morgan fingerprint density at radius 1 is 1.35 bits per heavy atom. The van der Waals surface area contributed by atoms with Gasteiger partial charge in [-0.2, -0.15) is 0 Å². The lowest BCUT2D eigenvalue weighted by Gasteiger charge is -2.29. The summed E-state index contributed by atoms with van der Waals surface area (Å²) in [5.74, 6) is -0.144. The minimum absolute atomic E-state index is 0.0285.